The third kappa shape index (κ3) is 2.96. The maximum Gasteiger partial charge on any atom is 0.189 e. The number of carbonyl (C=O) groups is 1. The quantitative estimate of drug-likeness (QED) is 0.626. The Morgan fingerprint density at radius 2 is 2.05 bits per heavy atom. The molecule has 0 N–H and O–H groups in total. The Hall–Kier alpha value is -2.36. The van der Waals surface area contributed by atoms with Crippen LogP contribution in [0.25, 0.3) is 6.08 Å². The molecular formula is C16H15FO3. The summed E-state index contributed by atoms with van der Waals surface area (Å²) in [5.74, 6) is 0.815. The standard InChI is InChI=1S/C16H15FO3/c1-10-8-13(11(2)20-10)15(18)6-4-12-5-7-16(19-3)14(17)9-12/h4-9H,1-3H3/b6-4+. The van der Waals surface area contributed by atoms with Crippen molar-refractivity contribution in [2.75, 3.05) is 7.11 Å². The highest BCUT2D eigenvalue weighted by molar-refractivity contribution is 6.07. The monoisotopic (exact) mass is 274 g/mol. The molecule has 0 unspecified atom stereocenters. The fourth-order valence-electron chi connectivity index (χ4n) is 1.92. The number of rotatable bonds is 4. The Balaban J connectivity index is 2.19. The average Bonchev–Trinajstić information content (AvgIpc) is 2.75. The number of carbonyl (C=O) groups excluding carboxylic acids is 1. The van der Waals surface area contributed by atoms with Gasteiger partial charge in [-0.3, -0.25) is 4.79 Å². The van der Waals surface area contributed by atoms with Crippen molar-refractivity contribution >= 4 is 11.9 Å². The van der Waals surface area contributed by atoms with E-state index in [0.717, 1.165) is 0 Å². The van der Waals surface area contributed by atoms with Gasteiger partial charge in [0.1, 0.15) is 11.5 Å². The van der Waals surface area contributed by atoms with E-state index in [1.54, 1.807) is 32.1 Å². The first-order valence-electron chi connectivity index (χ1n) is 6.14. The summed E-state index contributed by atoms with van der Waals surface area (Å²) in [6.07, 6.45) is 2.96. The SMILES string of the molecule is COc1ccc(/C=C/C(=O)c2cc(C)oc2C)cc1F. The van der Waals surface area contributed by atoms with Crippen molar-refractivity contribution in [2.45, 2.75) is 13.8 Å². The minimum atomic E-state index is -0.461. The van der Waals surface area contributed by atoms with Gasteiger partial charge in [-0.05, 0) is 43.7 Å². The zero-order valence-corrected chi connectivity index (χ0v) is 11.6. The molecule has 1 aromatic carbocycles. The summed E-state index contributed by atoms with van der Waals surface area (Å²) < 4.78 is 23.6. The molecule has 1 aromatic heterocycles. The van der Waals surface area contributed by atoms with Gasteiger partial charge in [0.25, 0.3) is 0 Å². The smallest absolute Gasteiger partial charge is 0.189 e. The van der Waals surface area contributed by atoms with Crippen molar-refractivity contribution in [3.05, 3.63) is 58.8 Å². The highest BCUT2D eigenvalue weighted by atomic mass is 19.1. The highest BCUT2D eigenvalue weighted by Gasteiger charge is 2.10. The molecule has 2 aromatic rings. The minimum absolute atomic E-state index is 0.171. The molecule has 20 heavy (non-hydrogen) atoms. The molecule has 0 saturated heterocycles. The van der Waals surface area contributed by atoms with E-state index in [2.05, 4.69) is 0 Å². The molecule has 0 aliphatic rings. The molecule has 0 spiro atoms. The van der Waals surface area contributed by atoms with Gasteiger partial charge in [-0.15, -0.1) is 0 Å². The van der Waals surface area contributed by atoms with Gasteiger partial charge in [0.2, 0.25) is 0 Å². The summed E-state index contributed by atoms with van der Waals surface area (Å²) in [5.41, 5.74) is 1.11. The zero-order valence-electron chi connectivity index (χ0n) is 11.6. The number of hydrogen-bond acceptors (Lipinski definition) is 3. The van der Waals surface area contributed by atoms with Crippen molar-refractivity contribution in [2.24, 2.45) is 0 Å². The molecule has 0 bridgehead atoms. The molecule has 3 nitrogen and oxygen atoms in total. The number of allylic oxidation sites excluding steroid dienone is 1. The third-order valence-corrected chi connectivity index (χ3v) is 2.91. The Morgan fingerprint density at radius 1 is 1.30 bits per heavy atom. The molecule has 0 fully saturated rings. The summed E-state index contributed by atoms with van der Waals surface area (Å²) in [7, 11) is 1.40. The highest BCUT2D eigenvalue weighted by Crippen LogP contribution is 2.19. The second-order valence-corrected chi connectivity index (χ2v) is 4.42. The molecule has 0 aliphatic heterocycles. The van der Waals surface area contributed by atoms with Crippen LogP contribution in [0, 0.1) is 19.7 Å². The Labute approximate surface area is 116 Å². The van der Waals surface area contributed by atoms with Crippen LogP contribution in [0.5, 0.6) is 5.75 Å². The van der Waals surface area contributed by atoms with Crippen molar-refractivity contribution in [3.63, 3.8) is 0 Å². The molecule has 2 rings (SSSR count). The van der Waals surface area contributed by atoms with Crippen LogP contribution in [0.4, 0.5) is 4.39 Å². The summed E-state index contributed by atoms with van der Waals surface area (Å²) in [6, 6.07) is 6.21. The van der Waals surface area contributed by atoms with Crippen LogP contribution in [-0.4, -0.2) is 12.9 Å². The summed E-state index contributed by atoms with van der Waals surface area (Å²) in [5, 5.41) is 0. The van der Waals surface area contributed by atoms with Crippen LogP contribution < -0.4 is 4.74 Å². The molecule has 4 heteroatoms. The maximum atomic E-state index is 13.5. The molecule has 0 atom stereocenters. The van der Waals surface area contributed by atoms with Crippen molar-refractivity contribution in [1.29, 1.82) is 0 Å². The first-order chi connectivity index (χ1) is 9.51. The number of hydrogen-bond donors (Lipinski definition) is 0. The second kappa shape index (κ2) is 5.74. The Morgan fingerprint density at radius 3 is 2.60 bits per heavy atom. The van der Waals surface area contributed by atoms with E-state index in [-0.39, 0.29) is 11.5 Å². The molecule has 1 heterocycles. The lowest BCUT2D eigenvalue weighted by atomic mass is 10.1. The van der Waals surface area contributed by atoms with E-state index in [1.807, 2.05) is 0 Å². The lowest BCUT2D eigenvalue weighted by Crippen LogP contribution is -1.94. The van der Waals surface area contributed by atoms with Gasteiger partial charge in [0.15, 0.2) is 17.3 Å². The molecule has 0 radical (unpaired) electrons. The summed E-state index contributed by atoms with van der Waals surface area (Å²) in [6.45, 7) is 3.52. The van der Waals surface area contributed by atoms with Crippen LogP contribution in [-0.2, 0) is 0 Å². The van der Waals surface area contributed by atoms with E-state index < -0.39 is 5.82 Å². The van der Waals surface area contributed by atoms with E-state index in [9.17, 15) is 9.18 Å². The first-order valence-corrected chi connectivity index (χ1v) is 6.14. The van der Waals surface area contributed by atoms with Gasteiger partial charge in [-0.25, -0.2) is 4.39 Å². The topological polar surface area (TPSA) is 39.4 Å². The third-order valence-electron chi connectivity index (χ3n) is 2.91. The van der Waals surface area contributed by atoms with Gasteiger partial charge < -0.3 is 9.15 Å². The van der Waals surface area contributed by atoms with Crippen molar-refractivity contribution < 1.29 is 18.3 Å². The number of methoxy groups -OCH3 is 1. The van der Waals surface area contributed by atoms with Crippen LogP contribution in [0.3, 0.4) is 0 Å². The van der Waals surface area contributed by atoms with Crippen molar-refractivity contribution in [3.8, 4) is 5.75 Å². The zero-order chi connectivity index (χ0) is 14.7. The Kier molecular flexibility index (Phi) is 4.03. The Bertz CT molecular complexity index is 668. The number of halogens is 1. The lowest BCUT2D eigenvalue weighted by Gasteiger charge is -2.01. The molecule has 0 amide bonds. The van der Waals surface area contributed by atoms with Gasteiger partial charge in [0.05, 0.1) is 12.7 Å². The summed E-state index contributed by atoms with van der Waals surface area (Å²) >= 11 is 0. The van der Waals surface area contributed by atoms with Gasteiger partial charge in [-0.1, -0.05) is 12.1 Å². The number of benzene rings is 1. The average molecular weight is 274 g/mol. The van der Waals surface area contributed by atoms with E-state index in [1.165, 1.54) is 25.3 Å². The van der Waals surface area contributed by atoms with Gasteiger partial charge in [-0.2, -0.15) is 0 Å². The van der Waals surface area contributed by atoms with Crippen LogP contribution in [0.2, 0.25) is 0 Å². The maximum absolute atomic E-state index is 13.5. The van der Waals surface area contributed by atoms with Gasteiger partial charge >= 0.3 is 0 Å². The van der Waals surface area contributed by atoms with Crippen LogP contribution in [0.1, 0.15) is 27.4 Å². The molecule has 0 saturated carbocycles. The molecule has 104 valence electrons. The minimum Gasteiger partial charge on any atom is -0.494 e. The van der Waals surface area contributed by atoms with E-state index in [0.29, 0.717) is 22.6 Å². The van der Waals surface area contributed by atoms with E-state index >= 15 is 0 Å². The van der Waals surface area contributed by atoms with Crippen molar-refractivity contribution in [1.82, 2.24) is 0 Å². The fourth-order valence-corrected chi connectivity index (χ4v) is 1.92. The number of furan rings is 1. The number of aryl methyl sites for hydroxylation is 2. The van der Waals surface area contributed by atoms with Crippen LogP contribution in [0.15, 0.2) is 34.8 Å². The largest absolute Gasteiger partial charge is 0.494 e. The fraction of sp³-hybridized carbons (Fsp3) is 0.188. The lowest BCUT2D eigenvalue weighted by molar-refractivity contribution is 0.104. The first kappa shape index (κ1) is 14.1. The molecule has 0 aliphatic carbocycles. The second-order valence-electron chi connectivity index (χ2n) is 4.42. The number of ether oxygens (including phenoxy) is 1. The molecular weight excluding hydrogens is 259 g/mol. The summed E-state index contributed by atoms with van der Waals surface area (Å²) in [4.78, 5) is 12.0. The van der Waals surface area contributed by atoms with Crippen LogP contribution >= 0.6 is 0 Å². The van der Waals surface area contributed by atoms with E-state index in [4.69, 9.17) is 9.15 Å². The predicted molar refractivity (Wildman–Crippen MR) is 74.5 cm³/mol. The van der Waals surface area contributed by atoms with Gasteiger partial charge in [0, 0.05) is 0 Å². The predicted octanol–water partition coefficient (Wildman–Crippen LogP) is 3.94. The normalized spacial score (nSPS) is 11.0. The number of ketones is 1.